The first-order valence-electron chi connectivity index (χ1n) is 7.01. The molecule has 0 spiro atoms. The molecule has 18 heavy (non-hydrogen) atoms. The molecule has 1 aromatic rings. The predicted octanol–water partition coefficient (Wildman–Crippen LogP) is 2.13. The smallest absolute Gasteiger partial charge is 0.0588 e. The van der Waals surface area contributed by atoms with Crippen molar-refractivity contribution in [2.75, 3.05) is 20.3 Å². The molecule has 1 saturated heterocycles. The van der Waals surface area contributed by atoms with Crippen molar-refractivity contribution in [1.29, 1.82) is 0 Å². The van der Waals surface area contributed by atoms with E-state index in [1.807, 2.05) is 12.4 Å². The molecule has 1 aromatic heterocycles. The van der Waals surface area contributed by atoms with E-state index in [0.717, 1.165) is 19.1 Å². The Kier molecular flexibility index (Phi) is 3.35. The molecule has 2 aliphatic rings. The van der Waals surface area contributed by atoms with Crippen LogP contribution in [0.4, 0.5) is 0 Å². The van der Waals surface area contributed by atoms with E-state index in [2.05, 4.69) is 29.5 Å². The molecule has 1 aliphatic carbocycles. The van der Waals surface area contributed by atoms with Gasteiger partial charge < -0.3 is 10.1 Å². The van der Waals surface area contributed by atoms with Crippen LogP contribution in [0.25, 0.3) is 0 Å². The summed E-state index contributed by atoms with van der Waals surface area (Å²) in [5.74, 6) is 0.764. The van der Waals surface area contributed by atoms with Gasteiger partial charge >= 0.3 is 0 Å². The van der Waals surface area contributed by atoms with Gasteiger partial charge in [-0.3, -0.25) is 4.98 Å². The van der Waals surface area contributed by atoms with E-state index < -0.39 is 0 Å². The van der Waals surface area contributed by atoms with Crippen molar-refractivity contribution < 1.29 is 4.74 Å². The van der Waals surface area contributed by atoms with E-state index in [4.69, 9.17) is 4.74 Å². The normalized spacial score (nSPS) is 30.7. The molecule has 1 aliphatic heterocycles. The van der Waals surface area contributed by atoms with E-state index in [0.29, 0.717) is 6.04 Å². The zero-order chi connectivity index (χ0) is 12.4. The van der Waals surface area contributed by atoms with Crippen LogP contribution in [0.3, 0.4) is 0 Å². The van der Waals surface area contributed by atoms with Gasteiger partial charge in [-0.1, -0.05) is 6.07 Å². The highest BCUT2D eigenvalue weighted by Crippen LogP contribution is 2.45. The molecular weight excluding hydrogens is 224 g/mol. The second kappa shape index (κ2) is 4.98. The predicted molar refractivity (Wildman–Crippen MR) is 71.5 cm³/mol. The average Bonchev–Trinajstić information content (AvgIpc) is 2.40. The molecule has 0 bridgehead atoms. The summed E-state index contributed by atoms with van der Waals surface area (Å²) < 4.78 is 5.56. The lowest BCUT2D eigenvalue weighted by Crippen LogP contribution is -2.54. The number of aromatic nitrogens is 1. The monoisotopic (exact) mass is 246 g/mol. The molecule has 2 fully saturated rings. The maximum absolute atomic E-state index is 5.56. The molecule has 0 amide bonds. The number of hydrogen-bond acceptors (Lipinski definition) is 3. The van der Waals surface area contributed by atoms with Crippen molar-refractivity contribution in [3.8, 4) is 0 Å². The highest BCUT2D eigenvalue weighted by atomic mass is 16.5. The Morgan fingerprint density at radius 3 is 2.56 bits per heavy atom. The van der Waals surface area contributed by atoms with Crippen molar-refractivity contribution in [3.63, 3.8) is 0 Å². The number of hydrogen-bond donors (Lipinski definition) is 1. The molecular formula is C15H22N2O. The summed E-state index contributed by atoms with van der Waals surface area (Å²) in [5, 5.41) is 3.41. The Morgan fingerprint density at radius 1 is 1.28 bits per heavy atom. The van der Waals surface area contributed by atoms with Crippen LogP contribution in [0.1, 0.15) is 31.2 Å². The van der Waals surface area contributed by atoms with Crippen LogP contribution in [-0.2, 0) is 10.2 Å². The van der Waals surface area contributed by atoms with Crippen LogP contribution in [0.15, 0.2) is 24.5 Å². The van der Waals surface area contributed by atoms with Crippen LogP contribution >= 0.6 is 0 Å². The third kappa shape index (κ3) is 1.95. The lowest BCUT2D eigenvalue weighted by atomic mass is 9.63. The van der Waals surface area contributed by atoms with Gasteiger partial charge in [-0.05, 0) is 50.3 Å². The lowest BCUT2D eigenvalue weighted by Gasteiger charge is -2.49. The minimum absolute atomic E-state index is 0.257. The van der Waals surface area contributed by atoms with Crippen LogP contribution in [0.2, 0.25) is 0 Å². The van der Waals surface area contributed by atoms with Crippen molar-refractivity contribution in [3.05, 3.63) is 30.1 Å². The third-order valence-electron chi connectivity index (χ3n) is 4.87. The Morgan fingerprint density at radius 2 is 2.06 bits per heavy atom. The molecule has 1 saturated carbocycles. The largest absolute Gasteiger partial charge is 0.379 e. The van der Waals surface area contributed by atoms with E-state index in [9.17, 15) is 0 Å². The van der Waals surface area contributed by atoms with Gasteiger partial charge in [0.15, 0.2) is 0 Å². The summed E-state index contributed by atoms with van der Waals surface area (Å²) in [6.07, 6.45) is 9.10. The first kappa shape index (κ1) is 12.1. The minimum atomic E-state index is 0.257. The summed E-state index contributed by atoms with van der Waals surface area (Å²) in [6.45, 7) is 1.77. The number of nitrogens with zero attached hydrogens (tertiary/aromatic N) is 1. The van der Waals surface area contributed by atoms with E-state index in [1.54, 1.807) is 0 Å². The molecule has 3 heteroatoms. The van der Waals surface area contributed by atoms with Crippen molar-refractivity contribution in [1.82, 2.24) is 10.3 Å². The van der Waals surface area contributed by atoms with Gasteiger partial charge in [-0.25, -0.2) is 0 Å². The number of nitrogens with one attached hydrogen (secondary N) is 1. The van der Waals surface area contributed by atoms with Crippen LogP contribution < -0.4 is 5.32 Å². The summed E-state index contributed by atoms with van der Waals surface area (Å²) in [5.41, 5.74) is 1.64. The maximum atomic E-state index is 5.56. The van der Waals surface area contributed by atoms with Gasteiger partial charge in [0.25, 0.3) is 0 Å². The van der Waals surface area contributed by atoms with Gasteiger partial charge in [-0.2, -0.15) is 0 Å². The fourth-order valence-electron chi connectivity index (χ4n) is 3.55. The Labute approximate surface area is 109 Å². The molecule has 98 valence electrons. The van der Waals surface area contributed by atoms with Gasteiger partial charge in [0.1, 0.15) is 0 Å². The van der Waals surface area contributed by atoms with Crippen LogP contribution in [0, 0.1) is 5.92 Å². The topological polar surface area (TPSA) is 34.2 Å². The lowest BCUT2D eigenvalue weighted by molar-refractivity contribution is -0.0990. The second-order valence-corrected chi connectivity index (χ2v) is 5.73. The molecule has 0 aromatic carbocycles. The van der Waals surface area contributed by atoms with Gasteiger partial charge in [0.05, 0.1) is 13.2 Å². The molecule has 1 N–H and O–H groups in total. The fraction of sp³-hybridized carbons (Fsp3) is 0.667. The zero-order valence-electron chi connectivity index (χ0n) is 11.1. The Bertz CT molecular complexity index is 381. The summed E-state index contributed by atoms with van der Waals surface area (Å²) in [4.78, 5) is 4.29. The van der Waals surface area contributed by atoms with Crippen molar-refractivity contribution >= 4 is 0 Å². The third-order valence-corrected chi connectivity index (χ3v) is 4.87. The van der Waals surface area contributed by atoms with E-state index >= 15 is 0 Å². The average molecular weight is 246 g/mol. The molecule has 3 rings (SSSR count). The number of rotatable bonds is 3. The SMILES string of the molecule is CNC1CCC(C2(c3cccnc3)COC2)CC1. The quantitative estimate of drug-likeness (QED) is 0.887. The van der Waals surface area contributed by atoms with Crippen LogP contribution in [0.5, 0.6) is 0 Å². The van der Waals surface area contributed by atoms with E-state index in [1.165, 1.54) is 31.2 Å². The highest BCUT2D eigenvalue weighted by molar-refractivity contribution is 5.26. The van der Waals surface area contributed by atoms with Gasteiger partial charge in [0, 0.05) is 23.9 Å². The first-order chi connectivity index (χ1) is 8.85. The fourth-order valence-corrected chi connectivity index (χ4v) is 3.55. The van der Waals surface area contributed by atoms with Crippen LogP contribution in [-0.4, -0.2) is 31.3 Å². The zero-order valence-corrected chi connectivity index (χ0v) is 11.1. The Hall–Kier alpha value is -0.930. The standard InChI is InChI=1S/C15H22N2O/c1-16-14-6-4-12(5-7-14)15(10-18-11-15)13-3-2-8-17-9-13/h2-3,8-9,12,14,16H,4-7,10-11H2,1H3. The first-order valence-corrected chi connectivity index (χ1v) is 7.01. The molecule has 0 radical (unpaired) electrons. The maximum Gasteiger partial charge on any atom is 0.0588 e. The number of pyridine rings is 1. The summed E-state index contributed by atoms with van der Waals surface area (Å²) >= 11 is 0. The van der Waals surface area contributed by atoms with Crippen molar-refractivity contribution in [2.45, 2.75) is 37.1 Å². The number of ether oxygens (including phenoxy) is 1. The second-order valence-electron chi connectivity index (χ2n) is 5.73. The molecule has 2 heterocycles. The summed E-state index contributed by atoms with van der Waals surface area (Å²) in [7, 11) is 2.08. The minimum Gasteiger partial charge on any atom is -0.379 e. The summed E-state index contributed by atoms with van der Waals surface area (Å²) in [6, 6.07) is 4.99. The Balaban J connectivity index is 1.77. The molecule has 0 atom stereocenters. The highest BCUT2D eigenvalue weighted by Gasteiger charge is 2.47. The van der Waals surface area contributed by atoms with Crippen molar-refractivity contribution in [2.24, 2.45) is 5.92 Å². The molecule has 0 unspecified atom stereocenters. The van der Waals surface area contributed by atoms with Gasteiger partial charge in [-0.15, -0.1) is 0 Å². The molecule has 3 nitrogen and oxygen atoms in total. The van der Waals surface area contributed by atoms with E-state index in [-0.39, 0.29) is 5.41 Å². The van der Waals surface area contributed by atoms with Gasteiger partial charge in [0.2, 0.25) is 0 Å².